The molecule has 0 unspecified atom stereocenters. The lowest BCUT2D eigenvalue weighted by molar-refractivity contribution is 0.833. The molecule has 0 N–H and O–H groups in total. The van der Waals surface area contributed by atoms with E-state index in [-0.39, 0.29) is 0 Å². The molecule has 0 saturated carbocycles. The minimum atomic E-state index is 0.731. The number of nitrogens with zero attached hydrogens (tertiary/aromatic N) is 4. The van der Waals surface area contributed by atoms with Crippen LogP contribution in [0.4, 0.5) is 0 Å². The highest BCUT2D eigenvalue weighted by Gasteiger charge is 2.08. The highest BCUT2D eigenvalue weighted by Crippen LogP contribution is 2.22. The number of aryl methyl sites for hydroxylation is 2. The van der Waals surface area contributed by atoms with Gasteiger partial charge >= 0.3 is 0 Å². The third-order valence-corrected chi connectivity index (χ3v) is 4.64. The molecule has 24 heavy (non-hydrogen) atoms. The Morgan fingerprint density at radius 1 is 1.21 bits per heavy atom. The summed E-state index contributed by atoms with van der Waals surface area (Å²) >= 11 is 1.61. The average Bonchev–Trinajstić information content (AvgIpc) is 2.99. The molecule has 2 heterocycles. The first-order valence-corrected chi connectivity index (χ1v) is 8.80. The molecule has 4 nitrogen and oxygen atoms in total. The minimum Gasteiger partial charge on any atom is -0.264 e. The van der Waals surface area contributed by atoms with Gasteiger partial charge in [-0.1, -0.05) is 18.2 Å². The molecule has 3 aromatic rings. The summed E-state index contributed by atoms with van der Waals surface area (Å²) < 4.78 is 1.91. The van der Waals surface area contributed by atoms with Crippen molar-refractivity contribution in [3.05, 3.63) is 69.6 Å². The van der Waals surface area contributed by atoms with Crippen LogP contribution in [0.1, 0.15) is 23.6 Å². The van der Waals surface area contributed by atoms with Gasteiger partial charge in [-0.25, -0.2) is 4.68 Å². The molecule has 0 aliphatic rings. The van der Waals surface area contributed by atoms with Crippen LogP contribution in [-0.4, -0.2) is 22.4 Å². The molecule has 0 atom stereocenters. The van der Waals surface area contributed by atoms with Crippen LogP contribution in [0.15, 0.2) is 58.2 Å². The third kappa shape index (κ3) is 3.51. The van der Waals surface area contributed by atoms with E-state index in [1.54, 1.807) is 23.7 Å². The summed E-state index contributed by atoms with van der Waals surface area (Å²) in [6.07, 6.45) is 5.37. The van der Waals surface area contributed by atoms with Crippen LogP contribution in [0.2, 0.25) is 0 Å². The van der Waals surface area contributed by atoms with Crippen LogP contribution in [0.25, 0.3) is 11.3 Å². The Balaban J connectivity index is 2.09. The van der Waals surface area contributed by atoms with Crippen molar-refractivity contribution in [3.63, 3.8) is 0 Å². The second-order valence-corrected chi connectivity index (χ2v) is 6.36. The topological polar surface area (TPSA) is 42.5 Å². The van der Waals surface area contributed by atoms with E-state index in [4.69, 9.17) is 0 Å². The summed E-state index contributed by atoms with van der Waals surface area (Å²) in [6, 6.07) is 10.4. The van der Waals surface area contributed by atoms with Gasteiger partial charge in [0, 0.05) is 35.4 Å². The van der Waals surface area contributed by atoms with Gasteiger partial charge in [0.25, 0.3) is 0 Å². The summed E-state index contributed by atoms with van der Waals surface area (Å²) in [5, 5.41) is 6.76. The van der Waals surface area contributed by atoms with Crippen molar-refractivity contribution in [3.8, 4) is 11.3 Å². The van der Waals surface area contributed by atoms with Crippen LogP contribution < -0.4 is 4.80 Å². The van der Waals surface area contributed by atoms with Crippen LogP contribution in [0.5, 0.6) is 0 Å². The van der Waals surface area contributed by atoms with Gasteiger partial charge in [-0.05, 0) is 44.0 Å². The van der Waals surface area contributed by atoms with Gasteiger partial charge in [0.05, 0.1) is 11.9 Å². The maximum absolute atomic E-state index is 4.65. The smallest absolute Gasteiger partial charge is 0.206 e. The lowest BCUT2D eigenvalue weighted by Crippen LogP contribution is -2.12. The quantitative estimate of drug-likeness (QED) is 0.663. The van der Waals surface area contributed by atoms with Crippen LogP contribution in [0.3, 0.4) is 0 Å². The number of hydrogen-bond acceptors (Lipinski definition) is 4. The molecule has 0 saturated heterocycles. The lowest BCUT2D eigenvalue weighted by atomic mass is 10.1. The van der Waals surface area contributed by atoms with Gasteiger partial charge in [0.15, 0.2) is 0 Å². The molecule has 1 aromatic carbocycles. The maximum atomic E-state index is 4.65. The first-order valence-electron chi connectivity index (χ1n) is 7.92. The van der Waals surface area contributed by atoms with Gasteiger partial charge in [-0.15, -0.1) is 11.3 Å². The summed E-state index contributed by atoms with van der Waals surface area (Å²) in [6.45, 7) is 7.02. The molecule has 0 bridgehead atoms. The van der Waals surface area contributed by atoms with E-state index in [0.29, 0.717) is 0 Å². The van der Waals surface area contributed by atoms with E-state index in [2.05, 4.69) is 52.5 Å². The van der Waals surface area contributed by atoms with E-state index in [1.807, 2.05) is 29.9 Å². The Hall–Kier alpha value is -2.53. The molecule has 122 valence electrons. The predicted molar refractivity (Wildman–Crippen MR) is 101 cm³/mol. The first kappa shape index (κ1) is 16.3. The monoisotopic (exact) mass is 336 g/mol. The molecule has 0 spiro atoms. The van der Waals surface area contributed by atoms with Crippen molar-refractivity contribution in [2.45, 2.75) is 20.8 Å². The van der Waals surface area contributed by atoms with Gasteiger partial charge in [-0.3, -0.25) is 9.98 Å². The second-order valence-electron chi connectivity index (χ2n) is 5.52. The zero-order valence-corrected chi connectivity index (χ0v) is 14.9. The van der Waals surface area contributed by atoms with Gasteiger partial charge in [0.1, 0.15) is 0 Å². The average molecular weight is 336 g/mol. The normalized spacial score (nSPS) is 12.2. The molecule has 0 aliphatic heterocycles. The molecule has 0 fully saturated rings. The van der Waals surface area contributed by atoms with Crippen molar-refractivity contribution in [1.29, 1.82) is 0 Å². The number of benzene rings is 1. The van der Waals surface area contributed by atoms with Gasteiger partial charge < -0.3 is 0 Å². The summed E-state index contributed by atoms with van der Waals surface area (Å²) in [5.74, 6) is 0. The Bertz CT molecular complexity index is 920. The van der Waals surface area contributed by atoms with Crippen LogP contribution in [0, 0.1) is 13.8 Å². The van der Waals surface area contributed by atoms with E-state index in [0.717, 1.165) is 28.2 Å². The zero-order valence-electron chi connectivity index (χ0n) is 14.1. The van der Waals surface area contributed by atoms with E-state index >= 15 is 0 Å². The molecule has 3 rings (SSSR count). The van der Waals surface area contributed by atoms with E-state index in [1.165, 1.54) is 11.1 Å². The Labute approximate surface area is 145 Å². The maximum Gasteiger partial charge on any atom is 0.206 e. The number of rotatable bonds is 4. The van der Waals surface area contributed by atoms with Gasteiger partial charge in [0.2, 0.25) is 4.80 Å². The molecule has 0 aliphatic carbocycles. The zero-order chi connectivity index (χ0) is 16.9. The fourth-order valence-electron chi connectivity index (χ4n) is 2.33. The van der Waals surface area contributed by atoms with Gasteiger partial charge in [-0.2, -0.15) is 5.10 Å². The largest absolute Gasteiger partial charge is 0.264 e. The highest BCUT2D eigenvalue weighted by molar-refractivity contribution is 7.07. The van der Waals surface area contributed by atoms with E-state index < -0.39 is 0 Å². The van der Waals surface area contributed by atoms with Crippen LogP contribution >= 0.6 is 11.3 Å². The summed E-state index contributed by atoms with van der Waals surface area (Å²) in [4.78, 5) is 9.58. The fourth-order valence-corrected chi connectivity index (χ4v) is 3.23. The van der Waals surface area contributed by atoms with Crippen molar-refractivity contribution >= 4 is 17.6 Å². The third-order valence-electron chi connectivity index (χ3n) is 3.79. The highest BCUT2D eigenvalue weighted by atomic mass is 32.1. The van der Waals surface area contributed by atoms with Crippen molar-refractivity contribution in [2.24, 2.45) is 10.1 Å². The van der Waals surface area contributed by atoms with Crippen molar-refractivity contribution < 1.29 is 0 Å². The Morgan fingerprint density at radius 2 is 2.08 bits per heavy atom. The second kappa shape index (κ2) is 7.36. The first-order chi connectivity index (χ1) is 11.7. The summed E-state index contributed by atoms with van der Waals surface area (Å²) in [5.41, 5.74) is 5.73. The van der Waals surface area contributed by atoms with Crippen molar-refractivity contribution in [1.82, 2.24) is 9.66 Å². The van der Waals surface area contributed by atoms with Crippen LogP contribution in [-0.2, 0) is 0 Å². The fraction of sp³-hybridized carbons (Fsp3) is 0.211. The number of pyridine rings is 1. The number of aromatic nitrogens is 2. The summed E-state index contributed by atoms with van der Waals surface area (Å²) in [7, 11) is 0. The Morgan fingerprint density at radius 3 is 2.79 bits per heavy atom. The molecule has 0 radical (unpaired) electrons. The standard InChI is InChI=1S/C19H20N4S/c1-4-21-19-23(22-12-16-6-5-9-20-11-16)18(13-24-19)17-8-7-14(2)15(3)10-17/h5-13H,4H2,1-3H3/b21-19?,22-12-. The molecular formula is C19H20N4S. The number of thiazole rings is 1. The Kier molecular flexibility index (Phi) is 5.01. The molecule has 0 amide bonds. The predicted octanol–water partition coefficient (Wildman–Crippen LogP) is 4.03. The number of hydrogen-bond donors (Lipinski definition) is 0. The van der Waals surface area contributed by atoms with Crippen molar-refractivity contribution in [2.75, 3.05) is 6.54 Å². The minimum absolute atomic E-state index is 0.731. The lowest BCUT2D eigenvalue weighted by Gasteiger charge is -2.06. The SMILES string of the molecule is CCN=c1scc(-c2ccc(C)c(C)c2)n1/N=C\c1cccnc1. The molecule has 5 heteroatoms. The molecular weight excluding hydrogens is 316 g/mol. The van der Waals surface area contributed by atoms with E-state index in [9.17, 15) is 0 Å². The molecule has 2 aromatic heterocycles.